The van der Waals surface area contributed by atoms with Gasteiger partial charge < -0.3 is 4.42 Å². The standard InChI is InChI=1S/C18H20N4O4S2/c1-3-17-20-21-18(27-17)19-16(23)12-22(11-14-5-4-10-26-14)28(24,25)15-8-6-13(2)7-9-15/h4-10H,3,11-12H2,1-2H3,(H,19,21,23). The van der Waals surface area contributed by atoms with E-state index in [9.17, 15) is 13.2 Å². The molecule has 1 amide bonds. The number of rotatable bonds is 8. The smallest absolute Gasteiger partial charge is 0.243 e. The first-order chi connectivity index (χ1) is 13.4. The van der Waals surface area contributed by atoms with Gasteiger partial charge in [0.05, 0.1) is 24.2 Å². The fraction of sp³-hybridized carbons (Fsp3) is 0.278. The van der Waals surface area contributed by atoms with E-state index in [2.05, 4.69) is 15.5 Å². The molecule has 0 spiro atoms. The predicted octanol–water partition coefficient (Wildman–Crippen LogP) is 2.83. The number of anilines is 1. The van der Waals surface area contributed by atoms with E-state index in [1.54, 1.807) is 24.3 Å². The lowest BCUT2D eigenvalue weighted by molar-refractivity contribution is -0.116. The van der Waals surface area contributed by atoms with Gasteiger partial charge in [0.25, 0.3) is 0 Å². The number of hydrogen-bond acceptors (Lipinski definition) is 7. The number of nitrogens with zero attached hydrogens (tertiary/aromatic N) is 3. The molecule has 0 bridgehead atoms. The normalized spacial score (nSPS) is 11.7. The highest BCUT2D eigenvalue weighted by atomic mass is 32.2. The van der Waals surface area contributed by atoms with Gasteiger partial charge in [0.15, 0.2) is 0 Å². The number of hydrogen-bond donors (Lipinski definition) is 1. The van der Waals surface area contributed by atoms with E-state index in [1.165, 1.54) is 29.7 Å². The third kappa shape index (κ3) is 4.83. The first-order valence-corrected chi connectivity index (χ1v) is 10.9. The van der Waals surface area contributed by atoms with Crippen molar-refractivity contribution >= 4 is 32.4 Å². The predicted molar refractivity (Wildman–Crippen MR) is 105 cm³/mol. The monoisotopic (exact) mass is 420 g/mol. The molecular weight excluding hydrogens is 400 g/mol. The van der Waals surface area contributed by atoms with E-state index in [4.69, 9.17) is 4.42 Å². The van der Waals surface area contributed by atoms with Gasteiger partial charge in [-0.2, -0.15) is 4.31 Å². The van der Waals surface area contributed by atoms with Gasteiger partial charge in [0.2, 0.25) is 21.1 Å². The topological polar surface area (TPSA) is 105 Å². The maximum absolute atomic E-state index is 13.1. The molecule has 0 unspecified atom stereocenters. The average Bonchev–Trinajstić information content (AvgIpc) is 3.33. The molecule has 0 saturated carbocycles. The molecule has 0 saturated heterocycles. The van der Waals surface area contributed by atoms with Crippen LogP contribution in [0.25, 0.3) is 0 Å². The molecule has 0 aliphatic carbocycles. The van der Waals surface area contributed by atoms with Crippen LogP contribution in [0, 0.1) is 6.92 Å². The molecule has 10 heteroatoms. The minimum absolute atomic E-state index is 0.0625. The van der Waals surface area contributed by atoms with Gasteiger partial charge in [-0.15, -0.1) is 10.2 Å². The van der Waals surface area contributed by atoms with E-state index in [-0.39, 0.29) is 18.0 Å². The van der Waals surface area contributed by atoms with Gasteiger partial charge in [-0.25, -0.2) is 8.42 Å². The molecule has 0 aliphatic rings. The Morgan fingerprint density at radius 3 is 2.57 bits per heavy atom. The summed E-state index contributed by atoms with van der Waals surface area (Å²) in [6, 6.07) is 9.80. The minimum atomic E-state index is -3.90. The number of benzene rings is 1. The molecule has 8 nitrogen and oxygen atoms in total. The van der Waals surface area contributed by atoms with Crippen LogP contribution in [-0.4, -0.2) is 35.4 Å². The van der Waals surface area contributed by atoms with Crippen LogP contribution in [0.2, 0.25) is 0 Å². The number of aryl methyl sites for hydroxylation is 2. The highest BCUT2D eigenvalue weighted by molar-refractivity contribution is 7.89. The van der Waals surface area contributed by atoms with Gasteiger partial charge >= 0.3 is 0 Å². The lowest BCUT2D eigenvalue weighted by atomic mass is 10.2. The number of nitrogens with one attached hydrogen (secondary N) is 1. The second kappa shape index (κ2) is 8.63. The zero-order chi connectivity index (χ0) is 20.1. The summed E-state index contributed by atoms with van der Waals surface area (Å²) in [7, 11) is -3.90. The van der Waals surface area contributed by atoms with Gasteiger partial charge in [-0.3, -0.25) is 10.1 Å². The Morgan fingerprint density at radius 1 is 1.21 bits per heavy atom. The van der Waals surface area contributed by atoms with Crippen LogP contribution in [-0.2, 0) is 27.8 Å². The summed E-state index contributed by atoms with van der Waals surface area (Å²) in [5.74, 6) is -0.0614. The molecule has 0 radical (unpaired) electrons. The Kier molecular flexibility index (Phi) is 6.22. The number of aromatic nitrogens is 2. The number of amides is 1. The van der Waals surface area contributed by atoms with Crippen molar-refractivity contribution in [1.82, 2.24) is 14.5 Å². The molecule has 0 aliphatic heterocycles. The molecule has 1 N–H and O–H groups in total. The van der Waals surface area contributed by atoms with Crippen molar-refractivity contribution in [2.45, 2.75) is 31.7 Å². The van der Waals surface area contributed by atoms with E-state index in [1.807, 2.05) is 13.8 Å². The zero-order valence-corrected chi connectivity index (χ0v) is 17.1. The maximum atomic E-state index is 13.1. The fourth-order valence-corrected chi connectivity index (χ4v) is 4.49. The average molecular weight is 421 g/mol. The minimum Gasteiger partial charge on any atom is -0.468 e. The number of sulfonamides is 1. The van der Waals surface area contributed by atoms with E-state index >= 15 is 0 Å². The Morgan fingerprint density at radius 2 is 1.96 bits per heavy atom. The van der Waals surface area contributed by atoms with Gasteiger partial charge in [-0.1, -0.05) is 36.0 Å². The van der Waals surface area contributed by atoms with Crippen molar-refractivity contribution in [2.75, 3.05) is 11.9 Å². The van der Waals surface area contributed by atoms with E-state index < -0.39 is 15.9 Å². The Hall–Kier alpha value is -2.56. The molecule has 2 aromatic heterocycles. The molecule has 1 aromatic carbocycles. The number of carbonyl (C=O) groups is 1. The number of carbonyl (C=O) groups excluding carboxylic acids is 1. The van der Waals surface area contributed by atoms with E-state index in [0.717, 1.165) is 14.9 Å². The number of furan rings is 1. The third-order valence-electron chi connectivity index (χ3n) is 3.91. The Bertz CT molecular complexity index is 1030. The zero-order valence-electron chi connectivity index (χ0n) is 15.5. The molecule has 148 valence electrons. The van der Waals surface area contributed by atoms with Crippen molar-refractivity contribution in [1.29, 1.82) is 0 Å². The molecule has 3 rings (SSSR count). The summed E-state index contributed by atoms with van der Waals surface area (Å²) < 4.78 is 32.5. The van der Waals surface area contributed by atoms with Crippen molar-refractivity contribution in [3.8, 4) is 0 Å². The highest BCUT2D eigenvalue weighted by Gasteiger charge is 2.28. The van der Waals surface area contributed by atoms with Gasteiger partial charge in [0, 0.05) is 0 Å². The summed E-state index contributed by atoms with van der Waals surface area (Å²) in [4.78, 5) is 12.6. The largest absolute Gasteiger partial charge is 0.468 e. The first-order valence-electron chi connectivity index (χ1n) is 8.60. The first kappa shape index (κ1) is 20.2. The summed E-state index contributed by atoms with van der Waals surface area (Å²) in [6.45, 7) is 3.37. The summed E-state index contributed by atoms with van der Waals surface area (Å²) in [5, 5.41) is 11.6. The van der Waals surface area contributed by atoms with Crippen LogP contribution in [0.4, 0.5) is 5.13 Å². The van der Waals surface area contributed by atoms with Crippen molar-refractivity contribution in [3.05, 3.63) is 59.0 Å². The fourth-order valence-electron chi connectivity index (χ4n) is 2.43. The maximum Gasteiger partial charge on any atom is 0.243 e. The Balaban J connectivity index is 1.81. The van der Waals surface area contributed by atoms with E-state index in [0.29, 0.717) is 17.3 Å². The molecule has 2 heterocycles. The van der Waals surface area contributed by atoms with Crippen molar-refractivity contribution in [2.24, 2.45) is 0 Å². The van der Waals surface area contributed by atoms with Crippen LogP contribution in [0.15, 0.2) is 52.0 Å². The van der Waals surface area contributed by atoms with Gasteiger partial charge in [0.1, 0.15) is 10.8 Å². The summed E-state index contributed by atoms with van der Waals surface area (Å²) >= 11 is 1.26. The van der Waals surface area contributed by atoms with Crippen molar-refractivity contribution < 1.29 is 17.6 Å². The summed E-state index contributed by atoms with van der Waals surface area (Å²) in [5.41, 5.74) is 0.942. The van der Waals surface area contributed by atoms with Crippen LogP contribution < -0.4 is 5.32 Å². The summed E-state index contributed by atoms with van der Waals surface area (Å²) in [6.07, 6.45) is 2.17. The molecule has 0 fully saturated rings. The second-order valence-corrected chi connectivity index (χ2v) is 9.07. The lowest BCUT2D eigenvalue weighted by Gasteiger charge is -2.20. The molecule has 0 atom stereocenters. The molecule has 3 aromatic rings. The van der Waals surface area contributed by atoms with Crippen LogP contribution in [0.5, 0.6) is 0 Å². The molecular formula is C18H20N4O4S2. The Labute approximate surface area is 167 Å². The SMILES string of the molecule is CCc1nnc(NC(=O)CN(Cc2ccco2)S(=O)(=O)c2ccc(C)cc2)s1. The lowest BCUT2D eigenvalue weighted by Crippen LogP contribution is -2.37. The second-order valence-electron chi connectivity index (χ2n) is 6.07. The highest BCUT2D eigenvalue weighted by Crippen LogP contribution is 2.20. The quantitative estimate of drug-likeness (QED) is 0.601. The van der Waals surface area contributed by atoms with Crippen LogP contribution in [0.1, 0.15) is 23.3 Å². The van der Waals surface area contributed by atoms with Gasteiger partial charge in [-0.05, 0) is 37.6 Å². The molecule has 28 heavy (non-hydrogen) atoms. The van der Waals surface area contributed by atoms with Crippen LogP contribution >= 0.6 is 11.3 Å². The van der Waals surface area contributed by atoms with Crippen LogP contribution in [0.3, 0.4) is 0 Å². The third-order valence-corrected chi connectivity index (χ3v) is 6.70. The van der Waals surface area contributed by atoms with Crippen molar-refractivity contribution in [3.63, 3.8) is 0 Å².